The predicted molar refractivity (Wildman–Crippen MR) is 72.0 cm³/mol. The van der Waals surface area contributed by atoms with Gasteiger partial charge in [0.1, 0.15) is 0 Å². The number of rotatable bonds is 6. The van der Waals surface area contributed by atoms with Crippen molar-refractivity contribution in [1.82, 2.24) is 4.90 Å². The van der Waals surface area contributed by atoms with E-state index in [9.17, 15) is 4.79 Å². The molecule has 0 atom stereocenters. The highest BCUT2D eigenvalue weighted by molar-refractivity contribution is 7.09. The Morgan fingerprint density at radius 3 is 2.82 bits per heavy atom. The van der Waals surface area contributed by atoms with Gasteiger partial charge in [-0.05, 0) is 36.6 Å². The molecule has 1 fully saturated rings. The van der Waals surface area contributed by atoms with E-state index >= 15 is 0 Å². The van der Waals surface area contributed by atoms with E-state index in [0.717, 1.165) is 13.0 Å². The molecule has 3 heteroatoms. The Hall–Kier alpha value is -0.830. The van der Waals surface area contributed by atoms with Crippen LogP contribution in [0.3, 0.4) is 0 Å². The third-order valence-electron chi connectivity index (χ3n) is 3.15. The van der Waals surface area contributed by atoms with Gasteiger partial charge in [0.15, 0.2) is 0 Å². The average molecular weight is 251 g/mol. The molecule has 0 aromatic carbocycles. The Labute approximate surface area is 108 Å². The lowest BCUT2D eigenvalue weighted by Gasteiger charge is -2.22. The second kappa shape index (κ2) is 5.67. The Kier molecular flexibility index (Phi) is 4.21. The molecule has 0 bridgehead atoms. The molecule has 1 aliphatic rings. The van der Waals surface area contributed by atoms with E-state index in [0.29, 0.717) is 24.3 Å². The highest BCUT2D eigenvalue weighted by Crippen LogP contribution is 2.30. The molecule has 1 aromatic rings. The van der Waals surface area contributed by atoms with Gasteiger partial charge in [-0.1, -0.05) is 19.9 Å². The highest BCUT2D eigenvalue weighted by atomic mass is 32.1. The van der Waals surface area contributed by atoms with Crippen LogP contribution in [0.2, 0.25) is 0 Å². The van der Waals surface area contributed by atoms with Gasteiger partial charge in [0.2, 0.25) is 5.91 Å². The molecule has 0 radical (unpaired) electrons. The molecule has 2 nitrogen and oxygen atoms in total. The number of thiophene rings is 1. The SMILES string of the molecule is CC(C)CCC(=O)N(Cc1cccs1)C1CC1. The molecule has 1 aromatic heterocycles. The monoisotopic (exact) mass is 251 g/mol. The summed E-state index contributed by atoms with van der Waals surface area (Å²) in [6.07, 6.45) is 4.10. The summed E-state index contributed by atoms with van der Waals surface area (Å²) in [6.45, 7) is 5.17. The van der Waals surface area contributed by atoms with Gasteiger partial charge in [0.05, 0.1) is 6.54 Å². The predicted octanol–water partition coefficient (Wildman–Crippen LogP) is 3.68. The fourth-order valence-electron chi connectivity index (χ4n) is 1.93. The zero-order chi connectivity index (χ0) is 12.3. The molecule has 17 heavy (non-hydrogen) atoms. The molecule has 0 saturated heterocycles. The molecule has 0 N–H and O–H groups in total. The summed E-state index contributed by atoms with van der Waals surface area (Å²) in [6, 6.07) is 4.70. The molecule has 1 amide bonds. The molecular formula is C14H21NOS. The lowest BCUT2D eigenvalue weighted by atomic mass is 10.1. The fourth-order valence-corrected chi connectivity index (χ4v) is 2.64. The summed E-state index contributed by atoms with van der Waals surface area (Å²) in [5.74, 6) is 0.955. The number of hydrogen-bond donors (Lipinski definition) is 0. The van der Waals surface area contributed by atoms with Gasteiger partial charge in [-0.25, -0.2) is 0 Å². The standard InChI is InChI=1S/C14H21NOS/c1-11(2)5-8-14(16)15(12-6-7-12)10-13-4-3-9-17-13/h3-4,9,11-12H,5-8,10H2,1-2H3. The minimum absolute atomic E-state index is 0.342. The smallest absolute Gasteiger partial charge is 0.223 e. The second-order valence-electron chi connectivity index (χ2n) is 5.26. The number of amides is 1. The Morgan fingerprint density at radius 1 is 1.53 bits per heavy atom. The fraction of sp³-hybridized carbons (Fsp3) is 0.643. The first-order valence-electron chi connectivity index (χ1n) is 6.48. The van der Waals surface area contributed by atoms with Crippen molar-refractivity contribution in [2.24, 2.45) is 5.92 Å². The minimum Gasteiger partial charge on any atom is -0.335 e. The van der Waals surface area contributed by atoms with Gasteiger partial charge < -0.3 is 4.90 Å². The summed E-state index contributed by atoms with van der Waals surface area (Å²) in [5.41, 5.74) is 0. The average Bonchev–Trinajstić information content (AvgIpc) is 3.00. The zero-order valence-corrected chi connectivity index (χ0v) is 11.5. The van der Waals surface area contributed by atoms with Crippen molar-refractivity contribution in [3.05, 3.63) is 22.4 Å². The quantitative estimate of drug-likeness (QED) is 0.755. The van der Waals surface area contributed by atoms with Gasteiger partial charge in [-0.3, -0.25) is 4.79 Å². The van der Waals surface area contributed by atoms with Crippen LogP contribution in [0.1, 0.15) is 44.4 Å². The van der Waals surface area contributed by atoms with Crippen molar-refractivity contribution in [3.63, 3.8) is 0 Å². The molecule has 1 aliphatic carbocycles. The lowest BCUT2D eigenvalue weighted by Crippen LogP contribution is -2.32. The maximum Gasteiger partial charge on any atom is 0.223 e. The maximum absolute atomic E-state index is 12.2. The van der Waals surface area contributed by atoms with E-state index in [-0.39, 0.29) is 0 Å². The third-order valence-corrected chi connectivity index (χ3v) is 4.01. The molecule has 0 unspecified atom stereocenters. The van der Waals surface area contributed by atoms with E-state index in [1.165, 1.54) is 17.7 Å². The van der Waals surface area contributed by atoms with Crippen LogP contribution in [0, 0.1) is 5.92 Å². The van der Waals surface area contributed by atoms with Crippen LogP contribution in [0.4, 0.5) is 0 Å². The molecule has 1 heterocycles. The second-order valence-corrected chi connectivity index (χ2v) is 6.30. The van der Waals surface area contributed by atoms with E-state index in [2.05, 4.69) is 36.3 Å². The van der Waals surface area contributed by atoms with Gasteiger partial charge in [-0.2, -0.15) is 0 Å². The van der Waals surface area contributed by atoms with Crippen molar-refractivity contribution in [2.45, 2.75) is 52.1 Å². The molecule has 2 rings (SSSR count). The molecule has 94 valence electrons. The van der Waals surface area contributed by atoms with Crippen LogP contribution in [-0.2, 0) is 11.3 Å². The first-order chi connectivity index (χ1) is 8.16. The van der Waals surface area contributed by atoms with Crippen molar-refractivity contribution < 1.29 is 4.79 Å². The molecule has 1 saturated carbocycles. The van der Waals surface area contributed by atoms with Gasteiger partial charge in [-0.15, -0.1) is 11.3 Å². The van der Waals surface area contributed by atoms with Gasteiger partial charge >= 0.3 is 0 Å². The number of carbonyl (C=O) groups excluding carboxylic acids is 1. The van der Waals surface area contributed by atoms with E-state index in [1.54, 1.807) is 11.3 Å². The van der Waals surface area contributed by atoms with Crippen molar-refractivity contribution in [1.29, 1.82) is 0 Å². The van der Waals surface area contributed by atoms with Gasteiger partial charge in [0, 0.05) is 17.3 Å². The highest BCUT2D eigenvalue weighted by Gasteiger charge is 2.32. The first kappa shape index (κ1) is 12.6. The number of hydrogen-bond acceptors (Lipinski definition) is 2. The summed E-state index contributed by atoms with van der Waals surface area (Å²) in [4.78, 5) is 15.6. The Balaban J connectivity index is 1.90. The largest absolute Gasteiger partial charge is 0.335 e. The maximum atomic E-state index is 12.2. The van der Waals surface area contributed by atoms with Gasteiger partial charge in [0.25, 0.3) is 0 Å². The van der Waals surface area contributed by atoms with Crippen molar-refractivity contribution in [2.75, 3.05) is 0 Å². The Morgan fingerprint density at radius 2 is 2.29 bits per heavy atom. The van der Waals surface area contributed by atoms with Crippen LogP contribution in [0.15, 0.2) is 17.5 Å². The zero-order valence-electron chi connectivity index (χ0n) is 10.7. The van der Waals surface area contributed by atoms with E-state index in [4.69, 9.17) is 0 Å². The molecule has 0 spiro atoms. The first-order valence-corrected chi connectivity index (χ1v) is 7.36. The Bertz CT molecular complexity index is 354. The summed E-state index contributed by atoms with van der Waals surface area (Å²) in [5, 5.41) is 2.08. The molecule has 0 aliphatic heterocycles. The normalized spacial score (nSPS) is 15.2. The van der Waals surface area contributed by atoms with E-state index in [1.807, 2.05) is 0 Å². The topological polar surface area (TPSA) is 20.3 Å². The lowest BCUT2D eigenvalue weighted by molar-refractivity contribution is -0.132. The number of carbonyl (C=O) groups is 1. The molecular weight excluding hydrogens is 230 g/mol. The number of nitrogens with zero attached hydrogens (tertiary/aromatic N) is 1. The van der Waals surface area contributed by atoms with Crippen molar-refractivity contribution in [3.8, 4) is 0 Å². The van der Waals surface area contributed by atoms with Crippen LogP contribution in [-0.4, -0.2) is 16.8 Å². The summed E-state index contributed by atoms with van der Waals surface area (Å²) in [7, 11) is 0. The van der Waals surface area contributed by atoms with Crippen molar-refractivity contribution >= 4 is 17.2 Å². The summed E-state index contributed by atoms with van der Waals surface area (Å²) < 4.78 is 0. The van der Waals surface area contributed by atoms with E-state index < -0.39 is 0 Å². The summed E-state index contributed by atoms with van der Waals surface area (Å²) >= 11 is 1.74. The van der Waals surface area contributed by atoms with Crippen LogP contribution < -0.4 is 0 Å². The third kappa shape index (κ3) is 3.84. The minimum atomic E-state index is 0.342. The van der Waals surface area contributed by atoms with Crippen LogP contribution >= 0.6 is 11.3 Å². The van der Waals surface area contributed by atoms with Crippen LogP contribution in [0.25, 0.3) is 0 Å². The van der Waals surface area contributed by atoms with Crippen LogP contribution in [0.5, 0.6) is 0 Å².